The van der Waals surface area contributed by atoms with Crippen LogP contribution in [0.1, 0.15) is 130 Å². The second-order valence-electron chi connectivity index (χ2n) is 14.0. The number of thiocarbonyl (C=S) groups is 2. The van der Waals surface area contributed by atoms with Gasteiger partial charge in [0.2, 0.25) is 0 Å². The summed E-state index contributed by atoms with van der Waals surface area (Å²) in [5.74, 6) is 0.562. The summed E-state index contributed by atoms with van der Waals surface area (Å²) < 4.78 is 1.51. The van der Waals surface area contributed by atoms with E-state index in [0.29, 0.717) is 0 Å². The van der Waals surface area contributed by atoms with Crippen LogP contribution in [0.5, 0.6) is 0 Å². The Morgan fingerprint density at radius 1 is 0.558 bits per heavy atom. The first-order valence-corrected chi connectivity index (χ1v) is 21.2. The fraction of sp³-hybridized carbons (Fsp3) is 0.426. The molecule has 0 bridgehead atoms. The average molecular weight is 847 g/mol. The summed E-state index contributed by atoms with van der Waals surface area (Å²) in [5.41, 5.74) is 13.7. The molecule has 0 aliphatic heterocycles. The number of halogens is 2. The van der Waals surface area contributed by atoms with Crippen molar-refractivity contribution >= 4 is 48.5 Å². The van der Waals surface area contributed by atoms with Gasteiger partial charge in [-0.15, -0.1) is 20.9 Å². The minimum Gasteiger partial charge on any atom is -1.00 e. The van der Waals surface area contributed by atoms with Crippen LogP contribution in [0.25, 0.3) is 11.1 Å². The first-order valence-electron chi connectivity index (χ1n) is 19.1. The van der Waals surface area contributed by atoms with E-state index in [-0.39, 0.29) is 36.6 Å². The van der Waals surface area contributed by atoms with Crippen molar-refractivity contribution in [1.82, 2.24) is 0 Å². The van der Waals surface area contributed by atoms with Gasteiger partial charge in [0.15, 0.2) is 0 Å². The normalized spacial score (nSPS) is 18.2. The van der Waals surface area contributed by atoms with Crippen molar-refractivity contribution in [3.05, 3.63) is 130 Å². The van der Waals surface area contributed by atoms with Crippen molar-refractivity contribution < 1.29 is 49.0 Å². The quantitative estimate of drug-likeness (QED) is 0.141. The number of rotatable bonds is 14. The Morgan fingerprint density at radius 2 is 0.865 bits per heavy atom. The van der Waals surface area contributed by atoms with E-state index in [4.69, 9.17) is 24.4 Å². The van der Waals surface area contributed by atoms with Crippen LogP contribution < -0.4 is 24.8 Å². The molecular weight excluding hydrogens is 791 g/mol. The predicted octanol–water partition coefficient (Wildman–Crippen LogP) is 7.73. The minimum atomic E-state index is 0. The van der Waals surface area contributed by atoms with E-state index < -0.39 is 0 Å². The maximum atomic E-state index is 5.83. The first-order chi connectivity index (χ1) is 24.2. The van der Waals surface area contributed by atoms with Crippen LogP contribution in [0.2, 0.25) is 0 Å². The van der Waals surface area contributed by atoms with E-state index in [2.05, 4.69) is 127 Å². The summed E-state index contributed by atoms with van der Waals surface area (Å²) in [7, 11) is 0. The van der Waals surface area contributed by atoms with Crippen molar-refractivity contribution in [3.8, 4) is 0 Å². The Morgan fingerprint density at radius 3 is 1.17 bits per heavy atom. The molecule has 0 saturated heterocycles. The van der Waals surface area contributed by atoms with Crippen LogP contribution in [0.4, 0.5) is 0 Å². The maximum Gasteiger partial charge on any atom is -1.00 e. The SMILES string of the molecule is CCCCC1=[C-]C2C(c3ccccc3)=CC(CCCC)=C2C1=S.CCCCC1=[C-]C2C(c3ccccc3)=CC(CCCC)=C2C1=S.C[C](C)=[Zr+2].[Cl-].[Cl-]. The van der Waals surface area contributed by atoms with Crippen molar-refractivity contribution in [2.75, 3.05) is 0 Å². The molecule has 0 heterocycles. The summed E-state index contributed by atoms with van der Waals surface area (Å²) in [6, 6.07) is 21.5. The first kappa shape index (κ1) is 46.5. The zero-order chi connectivity index (χ0) is 36.0. The minimum absolute atomic E-state index is 0. The third-order valence-electron chi connectivity index (χ3n) is 9.60. The van der Waals surface area contributed by atoms with E-state index in [1.807, 2.05) is 0 Å². The van der Waals surface area contributed by atoms with Crippen molar-refractivity contribution in [2.24, 2.45) is 11.8 Å². The summed E-state index contributed by atoms with van der Waals surface area (Å²) >= 11 is 13.2. The van der Waals surface area contributed by atoms with Crippen LogP contribution in [-0.2, 0) is 24.2 Å². The Bertz CT molecular complexity index is 1580. The molecule has 2 atom stereocenters. The largest absolute Gasteiger partial charge is 1.00 e. The molecule has 52 heavy (non-hydrogen) atoms. The molecule has 0 nitrogen and oxygen atoms in total. The molecule has 0 amide bonds. The van der Waals surface area contributed by atoms with E-state index in [9.17, 15) is 0 Å². The molecule has 0 aromatic heterocycles. The van der Waals surface area contributed by atoms with Gasteiger partial charge in [-0.25, -0.2) is 35.6 Å². The number of benzene rings is 2. The standard InChI is InChI=1S/2C22H25S.C3H6.2ClH.Zr/c2*1-3-5-10-17-14-19(16-12-8-7-9-13-16)20-15-18(11-6-4-2)22(23)21(17)20;1-3-2;;;/h2*7-9,12-14,20H,3-6,10-11H2,1-2H3;1-2H3;2*1H;/q2*-1;;;;+2/p-2. The van der Waals surface area contributed by atoms with E-state index in [1.54, 1.807) is 24.2 Å². The van der Waals surface area contributed by atoms with Gasteiger partial charge in [0.1, 0.15) is 0 Å². The molecule has 2 aromatic carbocycles. The summed E-state index contributed by atoms with van der Waals surface area (Å²) in [6.45, 7) is 13.2. The molecule has 0 saturated carbocycles. The molecule has 0 N–H and O–H groups in total. The third kappa shape index (κ3) is 12.2. The fourth-order valence-electron chi connectivity index (χ4n) is 7.03. The Labute approximate surface area is 354 Å². The smallest absolute Gasteiger partial charge is 1.00 e. The van der Waals surface area contributed by atoms with Crippen molar-refractivity contribution in [3.63, 3.8) is 0 Å². The number of hydrogen-bond donors (Lipinski definition) is 0. The van der Waals surface area contributed by atoms with Gasteiger partial charge in [0.25, 0.3) is 0 Å². The molecular formula is C47H56Cl2S2Zr-2. The molecule has 2 unspecified atom stereocenters. The predicted molar refractivity (Wildman–Crippen MR) is 223 cm³/mol. The molecule has 0 spiro atoms. The van der Waals surface area contributed by atoms with Crippen LogP contribution >= 0.6 is 24.4 Å². The molecule has 0 fully saturated rings. The van der Waals surface area contributed by atoms with Gasteiger partial charge in [-0.05, 0) is 48.0 Å². The number of hydrogen-bond acceptors (Lipinski definition) is 2. The number of fused-ring (bicyclic) bond motifs is 2. The molecule has 4 aliphatic rings. The topological polar surface area (TPSA) is 0 Å². The Kier molecular flexibility index (Phi) is 21.5. The zero-order valence-electron chi connectivity index (χ0n) is 32.1. The molecule has 276 valence electrons. The zero-order valence-corrected chi connectivity index (χ0v) is 37.7. The maximum absolute atomic E-state index is 5.83. The molecule has 5 heteroatoms. The number of allylic oxidation sites excluding steroid dienone is 12. The Hall–Kier alpha value is -1.61. The van der Waals surface area contributed by atoms with Gasteiger partial charge in [-0.2, -0.15) is 0 Å². The second-order valence-corrected chi connectivity index (χ2v) is 17.3. The van der Waals surface area contributed by atoms with Gasteiger partial charge in [-0.3, -0.25) is 12.2 Å². The number of unbranched alkanes of at least 4 members (excludes halogenated alkanes) is 4. The van der Waals surface area contributed by atoms with Gasteiger partial charge in [0.05, 0.1) is 0 Å². The molecule has 0 radical (unpaired) electrons. The third-order valence-corrected chi connectivity index (χ3v) is 10.5. The van der Waals surface area contributed by atoms with Gasteiger partial charge in [-0.1, -0.05) is 175 Å². The summed E-state index contributed by atoms with van der Waals surface area (Å²) in [4.78, 5) is 2.19. The molecule has 2 aromatic rings. The van der Waals surface area contributed by atoms with Gasteiger partial charge >= 0.3 is 41.3 Å². The monoisotopic (exact) mass is 844 g/mol. The van der Waals surface area contributed by atoms with E-state index >= 15 is 0 Å². The van der Waals surface area contributed by atoms with Crippen LogP contribution in [-0.4, -0.2) is 12.9 Å². The van der Waals surface area contributed by atoms with Crippen molar-refractivity contribution in [1.29, 1.82) is 0 Å². The molecule has 6 rings (SSSR count). The van der Waals surface area contributed by atoms with Crippen LogP contribution in [0.3, 0.4) is 0 Å². The fourth-order valence-corrected chi connectivity index (χ4v) is 7.85. The van der Waals surface area contributed by atoms with E-state index in [1.165, 1.54) is 110 Å². The summed E-state index contributed by atoms with van der Waals surface area (Å²) in [5, 5.41) is 0. The van der Waals surface area contributed by atoms with Gasteiger partial charge in [0, 0.05) is 0 Å². The van der Waals surface area contributed by atoms with Crippen LogP contribution in [0, 0.1) is 24.0 Å². The summed E-state index contributed by atoms with van der Waals surface area (Å²) in [6.07, 6.45) is 26.5. The van der Waals surface area contributed by atoms with Crippen molar-refractivity contribution in [2.45, 2.75) is 119 Å². The molecule has 4 aliphatic carbocycles. The average Bonchev–Trinajstić information content (AvgIpc) is 3.85. The Balaban J connectivity index is 0.000000316. The van der Waals surface area contributed by atoms with Gasteiger partial charge < -0.3 is 24.8 Å². The van der Waals surface area contributed by atoms with Crippen LogP contribution in [0.15, 0.2) is 106 Å². The second kappa shape index (κ2) is 24.0. The van der Waals surface area contributed by atoms with E-state index in [0.717, 1.165) is 35.4 Å².